The number of nitrogens with zero attached hydrogens (tertiary/aromatic N) is 2. The van der Waals surface area contributed by atoms with Crippen LogP contribution in [-0.2, 0) is 26.5 Å². The Bertz CT molecular complexity index is 1060. The van der Waals surface area contributed by atoms with Crippen molar-refractivity contribution in [1.29, 1.82) is 0 Å². The molecule has 34 heavy (non-hydrogen) atoms. The molecule has 0 N–H and O–H groups in total. The van der Waals surface area contributed by atoms with Gasteiger partial charge < -0.3 is 9.97 Å². The van der Waals surface area contributed by atoms with Crippen LogP contribution in [0, 0.1) is 12.1 Å². The minimum atomic E-state index is -1.33. The maximum atomic E-state index is 4.71. The van der Waals surface area contributed by atoms with Crippen molar-refractivity contribution in [2.75, 3.05) is 0 Å². The first-order chi connectivity index (χ1) is 16.0. The molecule has 4 aromatic rings. The fourth-order valence-corrected chi connectivity index (χ4v) is 5.33. The van der Waals surface area contributed by atoms with Crippen molar-refractivity contribution in [3.05, 3.63) is 103 Å². The summed E-state index contributed by atoms with van der Waals surface area (Å²) in [7, 11) is -1.33. The number of unbranched alkanes of at least 4 members (excludes halogenated alkanes) is 2. The monoisotopic (exact) mass is 643 g/mol. The summed E-state index contributed by atoms with van der Waals surface area (Å²) in [4.78, 5) is 8.93. The quantitative estimate of drug-likeness (QED) is 0.120. The Kier molecular flexibility index (Phi) is 11.6. The molecule has 0 unspecified atom stereocenters. The molecule has 4 heteroatoms. The van der Waals surface area contributed by atoms with Crippen molar-refractivity contribution in [3.8, 4) is 22.5 Å². The van der Waals surface area contributed by atoms with Gasteiger partial charge in [0.05, 0.1) is 8.07 Å². The van der Waals surface area contributed by atoms with E-state index in [1.165, 1.54) is 36.4 Å². The van der Waals surface area contributed by atoms with E-state index in [0.717, 1.165) is 22.5 Å². The van der Waals surface area contributed by atoms with E-state index in [4.69, 9.17) is 4.98 Å². The molecule has 0 aliphatic rings. The number of benzene rings is 2. The topological polar surface area (TPSA) is 25.8 Å². The first kappa shape index (κ1) is 27.8. The first-order valence-electron chi connectivity index (χ1n) is 11.8. The van der Waals surface area contributed by atoms with Gasteiger partial charge in [0.15, 0.2) is 0 Å². The van der Waals surface area contributed by atoms with E-state index in [9.17, 15) is 0 Å². The average Bonchev–Trinajstić information content (AvgIpc) is 2.85. The van der Waals surface area contributed by atoms with Gasteiger partial charge in [-0.3, -0.25) is 0 Å². The van der Waals surface area contributed by atoms with Crippen LogP contribution in [0.25, 0.3) is 22.5 Å². The average molecular weight is 643 g/mol. The van der Waals surface area contributed by atoms with Gasteiger partial charge in [0.25, 0.3) is 0 Å². The van der Waals surface area contributed by atoms with E-state index >= 15 is 0 Å². The summed E-state index contributed by atoms with van der Waals surface area (Å²) >= 11 is 0. The molecule has 0 bridgehead atoms. The molecular weight excluding hydrogens is 609 g/mol. The van der Waals surface area contributed by atoms with Crippen LogP contribution in [0.1, 0.15) is 31.7 Å². The predicted molar refractivity (Wildman–Crippen MR) is 143 cm³/mol. The SMILES string of the molecule is CCCCCc1cc(-c2[c-]cccc2)ncc1[Si](C)(C)C.[Ir].[c-]1ccccc1-c1ccccn1. The molecule has 0 amide bonds. The second-order valence-electron chi connectivity index (χ2n) is 9.20. The number of pyridine rings is 2. The largest absolute Gasteiger partial charge is 0.305 e. The Labute approximate surface area is 220 Å². The minimum Gasteiger partial charge on any atom is -0.305 e. The molecule has 0 fully saturated rings. The first-order valence-corrected chi connectivity index (χ1v) is 15.3. The molecule has 179 valence electrons. The van der Waals surface area contributed by atoms with E-state index in [-0.39, 0.29) is 20.1 Å². The van der Waals surface area contributed by atoms with Gasteiger partial charge in [-0.1, -0.05) is 63.2 Å². The summed E-state index contributed by atoms with van der Waals surface area (Å²) < 4.78 is 0. The van der Waals surface area contributed by atoms with Crippen molar-refractivity contribution in [3.63, 3.8) is 0 Å². The van der Waals surface area contributed by atoms with Crippen LogP contribution in [0.15, 0.2) is 85.2 Å². The van der Waals surface area contributed by atoms with E-state index in [2.05, 4.69) is 68.1 Å². The molecule has 0 atom stereocenters. The van der Waals surface area contributed by atoms with Gasteiger partial charge in [-0.15, -0.1) is 71.8 Å². The van der Waals surface area contributed by atoms with Crippen LogP contribution >= 0.6 is 0 Å². The molecule has 2 heterocycles. The fourth-order valence-electron chi connectivity index (χ4n) is 3.72. The third-order valence-corrected chi connectivity index (χ3v) is 7.55. The van der Waals surface area contributed by atoms with E-state index in [0.29, 0.717) is 0 Å². The zero-order chi connectivity index (χ0) is 23.5. The summed E-state index contributed by atoms with van der Waals surface area (Å²) in [5.41, 5.74) is 5.67. The molecule has 2 aromatic heterocycles. The van der Waals surface area contributed by atoms with Gasteiger partial charge >= 0.3 is 0 Å². The molecule has 0 aliphatic carbocycles. The van der Waals surface area contributed by atoms with Crippen LogP contribution < -0.4 is 5.19 Å². The minimum absolute atomic E-state index is 0. The zero-order valence-electron chi connectivity index (χ0n) is 20.6. The van der Waals surface area contributed by atoms with Crippen LogP contribution in [0.4, 0.5) is 0 Å². The summed E-state index contributed by atoms with van der Waals surface area (Å²) in [6.07, 6.45) is 8.94. The van der Waals surface area contributed by atoms with Crippen LogP contribution in [0.3, 0.4) is 0 Å². The zero-order valence-corrected chi connectivity index (χ0v) is 24.0. The predicted octanol–water partition coefficient (Wildman–Crippen LogP) is 7.37. The Balaban J connectivity index is 0.000000266. The number of aromatic nitrogens is 2. The number of hydrogen-bond donors (Lipinski definition) is 0. The van der Waals surface area contributed by atoms with Crippen molar-refractivity contribution < 1.29 is 20.1 Å². The Morgan fingerprint density at radius 3 is 1.94 bits per heavy atom. The molecule has 0 aliphatic heterocycles. The molecule has 0 saturated carbocycles. The summed E-state index contributed by atoms with van der Waals surface area (Å²) in [5.74, 6) is 0. The number of aryl methyl sites for hydroxylation is 1. The Morgan fingerprint density at radius 2 is 1.41 bits per heavy atom. The number of hydrogen-bond acceptors (Lipinski definition) is 2. The van der Waals surface area contributed by atoms with Crippen LogP contribution in [0.5, 0.6) is 0 Å². The molecule has 2 nitrogen and oxygen atoms in total. The van der Waals surface area contributed by atoms with Crippen molar-refractivity contribution in [1.82, 2.24) is 9.97 Å². The normalized spacial score (nSPS) is 10.6. The summed E-state index contributed by atoms with van der Waals surface area (Å²) in [5, 5.41) is 1.51. The summed E-state index contributed by atoms with van der Waals surface area (Å²) in [6.45, 7) is 9.47. The van der Waals surface area contributed by atoms with Crippen molar-refractivity contribution in [2.45, 2.75) is 52.2 Å². The molecule has 1 radical (unpaired) electrons. The second-order valence-corrected chi connectivity index (χ2v) is 14.2. The van der Waals surface area contributed by atoms with Gasteiger partial charge in [-0.2, -0.15) is 0 Å². The third-order valence-electron chi connectivity index (χ3n) is 5.48. The van der Waals surface area contributed by atoms with Gasteiger partial charge in [0.1, 0.15) is 0 Å². The maximum Gasteiger partial charge on any atom is 0.0798 e. The van der Waals surface area contributed by atoms with Gasteiger partial charge in [0.2, 0.25) is 0 Å². The number of rotatable bonds is 7. The Hall–Kier alpha value is -2.39. The molecule has 4 rings (SSSR count). The van der Waals surface area contributed by atoms with E-state index in [1.807, 2.05) is 54.6 Å². The Morgan fingerprint density at radius 1 is 0.765 bits per heavy atom. The van der Waals surface area contributed by atoms with Gasteiger partial charge in [0, 0.05) is 32.5 Å². The second kappa shape index (κ2) is 14.1. The van der Waals surface area contributed by atoms with Crippen LogP contribution in [0.2, 0.25) is 19.6 Å². The van der Waals surface area contributed by atoms with Gasteiger partial charge in [-0.25, -0.2) is 0 Å². The van der Waals surface area contributed by atoms with E-state index in [1.54, 1.807) is 6.20 Å². The molecule has 0 saturated heterocycles. The summed E-state index contributed by atoms with van der Waals surface area (Å²) in [6, 6.07) is 30.5. The molecule has 2 aromatic carbocycles. The van der Waals surface area contributed by atoms with Gasteiger partial charge in [-0.05, 0) is 35.5 Å². The third kappa shape index (κ3) is 8.43. The van der Waals surface area contributed by atoms with Crippen molar-refractivity contribution >= 4 is 13.3 Å². The van der Waals surface area contributed by atoms with Crippen LogP contribution in [-0.4, -0.2) is 18.0 Å². The van der Waals surface area contributed by atoms with Crippen molar-refractivity contribution in [2.24, 2.45) is 0 Å². The van der Waals surface area contributed by atoms with E-state index < -0.39 is 8.07 Å². The molecule has 0 spiro atoms. The smallest absolute Gasteiger partial charge is 0.0798 e. The fraction of sp³-hybridized carbons (Fsp3) is 0.267. The maximum absolute atomic E-state index is 4.71. The standard InChI is InChI=1S/C19H26NSi.C11H8N.Ir/c1-5-6-8-13-17-14-18(16-11-9-7-10-12-16)20-15-19(17)21(2,3)4;1-2-6-10(7-3-1)11-8-4-5-9-12-11;/h7,9-11,14-15H,5-6,8,13H2,1-4H3;1-6,8-9H;/q2*-1;. The molecular formula is C30H34IrN2Si-2.